The zero-order valence-corrected chi connectivity index (χ0v) is 12.9. The summed E-state index contributed by atoms with van der Waals surface area (Å²) in [6, 6.07) is -0.281. The van der Waals surface area contributed by atoms with E-state index < -0.39 is 0 Å². The molecule has 0 amide bonds. The van der Waals surface area contributed by atoms with Gasteiger partial charge in [0.2, 0.25) is 0 Å². The molecule has 2 aromatic heterocycles. The summed E-state index contributed by atoms with van der Waals surface area (Å²) in [5.41, 5.74) is 4.49. The molecule has 0 aliphatic rings. The number of hydrazine groups is 1. The van der Waals surface area contributed by atoms with Gasteiger partial charge in [-0.2, -0.15) is 5.10 Å². The molecule has 0 saturated carbocycles. The molecule has 2 heterocycles. The van der Waals surface area contributed by atoms with E-state index in [2.05, 4.69) is 20.1 Å². The third-order valence-corrected chi connectivity index (χ3v) is 4.09. The molecule has 1 atom stereocenters. The molecule has 0 bridgehead atoms. The van der Waals surface area contributed by atoms with Gasteiger partial charge in [-0.15, -0.1) is 5.10 Å². The van der Waals surface area contributed by atoms with Crippen molar-refractivity contribution in [2.24, 2.45) is 5.84 Å². The van der Waals surface area contributed by atoms with Gasteiger partial charge in [0.05, 0.1) is 40.6 Å². The normalized spacial score (nSPS) is 12.8. The predicted molar refractivity (Wildman–Crippen MR) is 77.6 cm³/mol. The Balaban J connectivity index is 2.39. The van der Waals surface area contributed by atoms with Gasteiger partial charge in [0, 0.05) is 7.11 Å². The molecular weight excluding hydrogens is 300 g/mol. The van der Waals surface area contributed by atoms with Gasteiger partial charge in [-0.3, -0.25) is 10.5 Å². The zero-order valence-electron chi connectivity index (χ0n) is 11.3. The van der Waals surface area contributed by atoms with E-state index in [9.17, 15) is 0 Å². The van der Waals surface area contributed by atoms with Crippen molar-refractivity contribution >= 4 is 23.1 Å². The number of nitrogens with one attached hydrogen (secondary N) is 1. The van der Waals surface area contributed by atoms with Gasteiger partial charge in [-0.25, -0.2) is 5.43 Å². The van der Waals surface area contributed by atoms with Crippen molar-refractivity contribution < 1.29 is 4.74 Å². The molecule has 0 aliphatic carbocycles. The Bertz CT molecular complexity index is 557. The largest absolute Gasteiger partial charge is 0.383 e. The minimum absolute atomic E-state index is 0.281. The van der Waals surface area contributed by atoms with E-state index in [4.69, 9.17) is 22.2 Å². The van der Waals surface area contributed by atoms with Gasteiger partial charge in [0.15, 0.2) is 0 Å². The molecule has 0 saturated heterocycles. The smallest absolute Gasteiger partial charge is 0.102 e. The van der Waals surface area contributed by atoms with E-state index in [0.717, 1.165) is 22.7 Å². The van der Waals surface area contributed by atoms with Crippen LogP contribution in [0.25, 0.3) is 0 Å². The summed E-state index contributed by atoms with van der Waals surface area (Å²) >= 11 is 7.57. The molecule has 2 aromatic rings. The Kier molecular flexibility index (Phi) is 5.44. The lowest BCUT2D eigenvalue weighted by Gasteiger charge is -2.17. The second kappa shape index (κ2) is 7.09. The maximum absolute atomic E-state index is 6.25. The Morgan fingerprint density at radius 2 is 2.40 bits per heavy atom. The number of nitrogens with zero attached hydrogens (tertiary/aromatic N) is 4. The van der Waals surface area contributed by atoms with Crippen molar-refractivity contribution in [1.29, 1.82) is 0 Å². The third-order valence-electron chi connectivity index (χ3n) is 2.96. The van der Waals surface area contributed by atoms with Crippen molar-refractivity contribution in [2.75, 3.05) is 13.7 Å². The van der Waals surface area contributed by atoms with Crippen LogP contribution in [0.5, 0.6) is 0 Å². The SMILES string of the molecule is CCc1nnsc1C(NN)c1c(Cl)cnn1CCOC. The van der Waals surface area contributed by atoms with Gasteiger partial charge in [-0.1, -0.05) is 23.0 Å². The number of hydrogen-bond acceptors (Lipinski definition) is 7. The first-order valence-corrected chi connectivity index (χ1v) is 7.35. The molecule has 0 spiro atoms. The van der Waals surface area contributed by atoms with Gasteiger partial charge in [0.25, 0.3) is 0 Å². The summed E-state index contributed by atoms with van der Waals surface area (Å²) in [7, 11) is 1.64. The average molecular weight is 317 g/mol. The van der Waals surface area contributed by atoms with E-state index in [0.29, 0.717) is 18.2 Å². The Morgan fingerprint density at radius 1 is 1.60 bits per heavy atom. The monoisotopic (exact) mass is 316 g/mol. The fourth-order valence-electron chi connectivity index (χ4n) is 1.97. The van der Waals surface area contributed by atoms with Gasteiger partial charge in [0.1, 0.15) is 6.04 Å². The first kappa shape index (κ1) is 15.3. The molecule has 0 aliphatic heterocycles. The van der Waals surface area contributed by atoms with E-state index in [1.165, 1.54) is 11.5 Å². The lowest BCUT2D eigenvalue weighted by molar-refractivity contribution is 0.182. The minimum atomic E-state index is -0.281. The quantitative estimate of drug-likeness (QED) is 0.588. The first-order valence-electron chi connectivity index (χ1n) is 6.20. The highest BCUT2D eigenvalue weighted by Crippen LogP contribution is 2.31. The van der Waals surface area contributed by atoms with Crippen LogP contribution in [-0.4, -0.2) is 33.1 Å². The summed E-state index contributed by atoms with van der Waals surface area (Å²) < 4.78 is 10.9. The number of halogens is 1. The summed E-state index contributed by atoms with van der Waals surface area (Å²) in [6.45, 7) is 3.17. The lowest BCUT2D eigenvalue weighted by atomic mass is 10.1. The summed E-state index contributed by atoms with van der Waals surface area (Å²) in [5.74, 6) is 5.72. The van der Waals surface area contributed by atoms with Crippen LogP contribution in [0.4, 0.5) is 0 Å². The fraction of sp³-hybridized carbons (Fsp3) is 0.545. The van der Waals surface area contributed by atoms with E-state index in [-0.39, 0.29) is 6.04 Å². The Labute approximate surface area is 126 Å². The standard InChI is InChI=1S/C11H17ClN6OS/c1-3-8-11(20-17-16-8)9(15-13)10-7(12)6-14-18(10)4-5-19-2/h6,9,15H,3-5,13H2,1-2H3. The number of nitrogens with two attached hydrogens (primary N) is 1. The highest BCUT2D eigenvalue weighted by molar-refractivity contribution is 7.05. The number of methoxy groups -OCH3 is 1. The molecule has 110 valence electrons. The van der Waals surface area contributed by atoms with Crippen molar-refractivity contribution in [3.05, 3.63) is 27.5 Å². The van der Waals surface area contributed by atoms with Crippen molar-refractivity contribution in [3.8, 4) is 0 Å². The van der Waals surface area contributed by atoms with Crippen molar-refractivity contribution in [3.63, 3.8) is 0 Å². The van der Waals surface area contributed by atoms with Crippen LogP contribution < -0.4 is 11.3 Å². The van der Waals surface area contributed by atoms with Crippen LogP contribution in [0, 0.1) is 0 Å². The number of ether oxygens (including phenoxy) is 1. The van der Waals surface area contributed by atoms with Crippen LogP contribution in [0.2, 0.25) is 5.02 Å². The Morgan fingerprint density at radius 3 is 3.05 bits per heavy atom. The van der Waals surface area contributed by atoms with Crippen molar-refractivity contribution in [2.45, 2.75) is 25.9 Å². The number of hydrogen-bond donors (Lipinski definition) is 2. The second-order valence-electron chi connectivity index (χ2n) is 4.13. The van der Waals surface area contributed by atoms with Gasteiger partial charge >= 0.3 is 0 Å². The van der Waals surface area contributed by atoms with Crippen LogP contribution >= 0.6 is 23.1 Å². The van der Waals surface area contributed by atoms with Crippen LogP contribution in [0.1, 0.15) is 29.2 Å². The molecule has 0 radical (unpaired) electrons. The lowest BCUT2D eigenvalue weighted by Crippen LogP contribution is -2.31. The molecule has 20 heavy (non-hydrogen) atoms. The second-order valence-corrected chi connectivity index (χ2v) is 5.32. The van der Waals surface area contributed by atoms with Crippen LogP contribution in [0.3, 0.4) is 0 Å². The maximum Gasteiger partial charge on any atom is 0.102 e. The van der Waals surface area contributed by atoms with Crippen molar-refractivity contribution in [1.82, 2.24) is 24.8 Å². The minimum Gasteiger partial charge on any atom is -0.383 e. The molecular formula is C11H17ClN6OS. The fourth-order valence-corrected chi connectivity index (χ4v) is 3.03. The zero-order chi connectivity index (χ0) is 14.5. The molecule has 1 unspecified atom stereocenters. The van der Waals surface area contributed by atoms with Crippen LogP contribution in [0.15, 0.2) is 6.20 Å². The highest BCUT2D eigenvalue weighted by Gasteiger charge is 2.25. The van der Waals surface area contributed by atoms with Gasteiger partial charge in [-0.05, 0) is 18.0 Å². The van der Waals surface area contributed by atoms with Gasteiger partial charge < -0.3 is 4.74 Å². The Hall–Kier alpha value is -1.06. The highest BCUT2D eigenvalue weighted by atomic mass is 35.5. The third kappa shape index (κ3) is 2.99. The average Bonchev–Trinajstić information content (AvgIpc) is 3.06. The molecule has 2 rings (SSSR count). The maximum atomic E-state index is 6.25. The molecule has 3 N–H and O–H groups in total. The number of rotatable bonds is 7. The number of aryl methyl sites for hydroxylation is 1. The van der Waals surface area contributed by atoms with Crippen LogP contribution in [-0.2, 0) is 17.7 Å². The summed E-state index contributed by atoms with van der Waals surface area (Å²) in [6.07, 6.45) is 2.39. The van der Waals surface area contributed by atoms with E-state index in [1.54, 1.807) is 18.0 Å². The molecule has 9 heteroatoms. The summed E-state index contributed by atoms with van der Waals surface area (Å²) in [4.78, 5) is 0.955. The molecule has 0 aromatic carbocycles. The summed E-state index contributed by atoms with van der Waals surface area (Å²) in [5, 5.41) is 8.93. The topological polar surface area (TPSA) is 90.9 Å². The predicted octanol–water partition coefficient (Wildman–Crippen LogP) is 1.15. The van der Waals surface area contributed by atoms with E-state index >= 15 is 0 Å². The molecule has 7 nitrogen and oxygen atoms in total. The molecule has 0 fully saturated rings. The number of aromatic nitrogens is 4. The first-order chi connectivity index (χ1) is 9.72. The van der Waals surface area contributed by atoms with E-state index in [1.807, 2.05) is 6.92 Å².